The van der Waals surface area contributed by atoms with Crippen LogP contribution in [-0.2, 0) is 6.54 Å². The molecule has 4 heteroatoms. The number of thiophene rings is 1. The van der Waals surface area contributed by atoms with Crippen LogP contribution in [0.3, 0.4) is 0 Å². The number of halogens is 2. The van der Waals surface area contributed by atoms with E-state index in [1.165, 1.54) is 4.88 Å². The lowest BCUT2D eigenvalue weighted by Gasteiger charge is -1.93. The van der Waals surface area contributed by atoms with Crippen LogP contribution in [0, 0.1) is 0 Å². The molecule has 0 aliphatic heterocycles. The number of rotatable bonds is 3. The first-order valence-corrected chi connectivity index (χ1v) is 5.03. The van der Waals surface area contributed by atoms with Crippen LogP contribution in [0.4, 0.5) is 0 Å². The second kappa shape index (κ2) is 4.34. The molecule has 0 amide bonds. The van der Waals surface area contributed by atoms with Gasteiger partial charge in [-0.15, -0.1) is 22.9 Å². The molecule has 1 N–H and O–H groups in total. The Kier molecular flexibility index (Phi) is 3.70. The average molecular weight is 241 g/mol. The zero-order valence-corrected chi connectivity index (χ0v) is 8.39. The molecule has 56 valence electrons. The molecule has 0 radical (unpaired) electrons. The molecule has 1 heterocycles. The topological polar surface area (TPSA) is 12.0 Å². The second-order valence-corrected chi connectivity index (χ2v) is 3.97. The minimum Gasteiger partial charge on any atom is -0.299 e. The summed E-state index contributed by atoms with van der Waals surface area (Å²) in [6, 6.07) is 2.60. The Hall–Kier alpha value is 0.430. The van der Waals surface area contributed by atoms with E-state index in [0.717, 1.165) is 11.0 Å². The lowest BCUT2D eigenvalue weighted by atomic mass is 10.5. The van der Waals surface area contributed by atoms with E-state index in [0.29, 0.717) is 6.00 Å². The normalized spacial score (nSPS) is 10.2. The van der Waals surface area contributed by atoms with Crippen LogP contribution in [0.1, 0.15) is 4.88 Å². The van der Waals surface area contributed by atoms with E-state index in [-0.39, 0.29) is 0 Å². The molecule has 10 heavy (non-hydrogen) atoms. The van der Waals surface area contributed by atoms with Gasteiger partial charge in [-0.25, -0.2) is 0 Å². The van der Waals surface area contributed by atoms with Gasteiger partial charge < -0.3 is 0 Å². The summed E-state index contributed by atoms with van der Waals surface area (Å²) < 4.78 is 1.14. The fourth-order valence-corrected chi connectivity index (χ4v) is 2.13. The molecule has 1 aromatic rings. The van der Waals surface area contributed by atoms with Crippen molar-refractivity contribution in [3.05, 3.63) is 20.8 Å². The highest BCUT2D eigenvalue weighted by Gasteiger charge is 1.94. The third-order valence-electron chi connectivity index (χ3n) is 1.02. The van der Waals surface area contributed by atoms with Gasteiger partial charge in [0.05, 0.1) is 6.00 Å². The van der Waals surface area contributed by atoms with Crippen LogP contribution < -0.4 is 5.32 Å². The van der Waals surface area contributed by atoms with Crippen LogP contribution in [0.2, 0.25) is 0 Å². The summed E-state index contributed by atoms with van der Waals surface area (Å²) in [5.74, 6) is 0. The Morgan fingerprint density at radius 1 is 1.70 bits per heavy atom. The van der Waals surface area contributed by atoms with Crippen molar-refractivity contribution < 1.29 is 0 Å². The van der Waals surface area contributed by atoms with E-state index in [9.17, 15) is 0 Å². The fraction of sp³-hybridized carbons (Fsp3) is 0.333. The standard InChI is InChI=1S/C6H7BrClNS/c7-5-1-6(10-3-5)2-9-4-8/h1,3,9H,2,4H2. The molecular formula is C6H7BrClNS. The molecule has 0 fully saturated rings. The quantitative estimate of drug-likeness (QED) is 0.633. The van der Waals surface area contributed by atoms with Crippen molar-refractivity contribution in [3.63, 3.8) is 0 Å². The van der Waals surface area contributed by atoms with Gasteiger partial charge in [0, 0.05) is 21.3 Å². The van der Waals surface area contributed by atoms with Crippen LogP contribution >= 0.6 is 38.9 Å². The van der Waals surface area contributed by atoms with Gasteiger partial charge in [0.2, 0.25) is 0 Å². The maximum Gasteiger partial charge on any atom is 0.0716 e. The Labute approximate surface area is 77.5 Å². The average Bonchev–Trinajstić information content (AvgIpc) is 2.31. The molecule has 0 bridgehead atoms. The molecule has 0 aromatic carbocycles. The van der Waals surface area contributed by atoms with Gasteiger partial charge in [-0.05, 0) is 22.0 Å². The van der Waals surface area contributed by atoms with Crippen molar-refractivity contribution in [2.45, 2.75) is 6.54 Å². The Morgan fingerprint density at radius 3 is 3.00 bits per heavy atom. The Bertz CT molecular complexity index is 201. The molecule has 0 atom stereocenters. The van der Waals surface area contributed by atoms with Gasteiger partial charge in [-0.2, -0.15) is 0 Å². The highest BCUT2D eigenvalue weighted by Crippen LogP contribution is 2.19. The van der Waals surface area contributed by atoms with Crippen molar-refractivity contribution >= 4 is 38.9 Å². The van der Waals surface area contributed by atoms with E-state index < -0.39 is 0 Å². The van der Waals surface area contributed by atoms with E-state index >= 15 is 0 Å². The van der Waals surface area contributed by atoms with Crippen molar-refractivity contribution in [2.75, 3.05) is 6.00 Å². The molecular weight excluding hydrogens is 233 g/mol. The van der Waals surface area contributed by atoms with Crippen molar-refractivity contribution in [1.29, 1.82) is 0 Å². The Morgan fingerprint density at radius 2 is 2.50 bits per heavy atom. The van der Waals surface area contributed by atoms with Gasteiger partial charge in [0.1, 0.15) is 0 Å². The van der Waals surface area contributed by atoms with Gasteiger partial charge in [0.15, 0.2) is 0 Å². The number of nitrogens with one attached hydrogen (secondary N) is 1. The molecule has 1 nitrogen and oxygen atoms in total. The van der Waals surface area contributed by atoms with Gasteiger partial charge in [-0.1, -0.05) is 0 Å². The third-order valence-corrected chi connectivity index (χ3v) is 2.90. The number of hydrogen-bond donors (Lipinski definition) is 1. The van der Waals surface area contributed by atoms with Crippen molar-refractivity contribution in [3.8, 4) is 0 Å². The highest BCUT2D eigenvalue weighted by molar-refractivity contribution is 9.10. The molecule has 0 saturated carbocycles. The van der Waals surface area contributed by atoms with Crippen LogP contribution in [0.15, 0.2) is 15.9 Å². The second-order valence-electron chi connectivity index (χ2n) is 1.79. The summed E-state index contributed by atoms with van der Waals surface area (Å²) in [6.07, 6.45) is 0. The predicted octanol–water partition coefficient (Wildman–Crippen LogP) is 2.80. The first-order valence-electron chi connectivity index (χ1n) is 2.82. The van der Waals surface area contributed by atoms with Crippen LogP contribution in [0.5, 0.6) is 0 Å². The molecule has 0 unspecified atom stereocenters. The lowest BCUT2D eigenvalue weighted by Crippen LogP contribution is -2.08. The largest absolute Gasteiger partial charge is 0.299 e. The summed E-state index contributed by atoms with van der Waals surface area (Å²) in [5, 5.41) is 5.09. The maximum atomic E-state index is 5.44. The molecule has 0 saturated heterocycles. The zero-order chi connectivity index (χ0) is 7.40. The van der Waals surface area contributed by atoms with Gasteiger partial charge in [-0.3, -0.25) is 5.32 Å². The molecule has 0 spiro atoms. The zero-order valence-electron chi connectivity index (χ0n) is 5.23. The predicted molar refractivity (Wildman–Crippen MR) is 49.6 cm³/mol. The maximum absolute atomic E-state index is 5.44. The smallest absolute Gasteiger partial charge is 0.0716 e. The summed E-state index contributed by atoms with van der Waals surface area (Å²) in [5.41, 5.74) is 0. The van der Waals surface area contributed by atoms with E-state index in [1.54, 1.807) is 11.3 Å². The Balaban J connectivity index is 2.42. The molecule has 1 rings (SSSR count). The van der Waals surface area contributed by atoms with Crippen LogP contribution in [-0.4, -0.2) is 6.00 Å². The van der Waals surface area contributed by atoms with E-state index in [2.05, 4.69) is 32.7 Å². The third kappa shape index (κ3) is 2.58. The summed E-state index contributed by atoms with van der Waals surface area (Å²) in [6.45, 7) is 0.861. The monoisotopic (exact) mass is 239 g/mol. The van der Waals surface area contributed by atoms with Gasteiger partial charge in [0.25, 0.3) is 0 Å². The molecule has 0 aliphatic carbocycles. The number of hydrogen-bond acceptors (Lipinski definition) is 2. The van der Waals surface area contributed by atoms with Crippen LogP contribution in [0.25, 0.3) is 0 Å². The molecule has 0 aliphatic rings. The SMILES string of the molecule is ClCNCc1cc(Br)cs1. The van der Waals surface area contributed by atoms with Crippen molar-refractivity contribution in [1.82, 2.24) is 5.32 Å². The number of alkyl halides is 1. The molecule has 1 aromatic heterocycles. The van der Waals surface area contributed by atoms with E-state index in [1.807, 2.05) is 0 Å². The minimum absolute atomic E-state index is 0.509. The summed E-state index contributed by atoms with van der Waals surface area (Å²) in [4.78, 5) is 1.30. The fourth-order valence-electron chi connectivity index (χ4n) is 0.617. The first-order chi connectivity index (χ1) is 4.83. The lowest BCUT2D eigenvalue weighted by molar-refractivity contribution is 0.803. The summed E-state index contributed by atoms with van der Waals surface area (Å²) >= 11 is 10.5. The first kappa shape index (κ1) is 8.53. The van der Waals surface area contributed by atoms with Crippen molar-refractivity contribution in [2.24, 2.45) is 0 Å². The van der Waals surface area contributed by atoms with Gasteiger partial charge >= 0.3 is 0 Å². The highest BCUT2D eigenvalue weighted by atomic mass is 79.9. The van der Waals surface area contributed by atoms with E-state index in [4.69, 9.17) is 11.6 Å². The summed E-state index contributed by atoms with van der Waals surface area (Å²) in [7, 11) is 0. The minimum atomic E-state index is 0.509.